The fourth-order valence-corrected chi connectivity index (χ4v) is 4.51. The standard InChI is InChI=1S/C24H29BrN4O/c1-29(15-11-21(12-16-29)17-20-7-3-2-4-8-20)14-6-13-27-24(30)28(25)23-10-5-9-22(18-23)19-26/h2-5,7-10,18,21H,6,11-17H2,1H3/p+1. The average molecular weight is 470 g/mol. The van der Waals surface area contributed by atoms with E-state index in [1.807, 2.05) is 0 Å². The van der Waals surface area contributed by atoms with Gasteiger partial charge in [0.2, 0.25) is 0 Å². The molecule has 5 nitrogen and oxygen atoms in total. The Morgan fingerprint density at radius 2 is 1.93 bits per heavy atom. The topological polar surface area (TPSA) is 56.1 Å². The number of quaternary nitrogens is 1. The van der Waals surface area contributed by atoms with Gasteiger partial charge in [-0.1, -0.05) is 36.4 Å². The number of rotatable bonds is 7. The van der Waals surface area contributed by atoms with Crippen LogP contribution in [0.2, 0.25) is 0 Å². The summed E-state index contributed by atoms with van der Waals surface area (Å²) in [7, 11) is 2.34. The number of carbonyl (C=O) groups excluding carboxylic acids is 1. The molecule has 0 saturated carbocycles. The van der Waals surface area contributed by atoms with Crippen LogP contribution in [0.1, 0.15) is 30.4 Å². The van der Waals surface area contributed by atoms with Crippen molar-refractivity contribution in [2.75, 3.05) is 37.2 Å². The zero-order chi connectivity index (χ0) is 21.4. The number of nitriles is 1. The van der Waals surface area contributed by atoms with E-state index in [0.29, 0.717) is 17.8 Å². The Bertz CT molecular complexity index is 872. The van der Waals surface area contributed by atoms with Crippen molar-refractivity contribution in [1.29, 1.82) is 5.26 Å². The molecular formula is C24H30BrN4O+. The minimum Gasteiger partial charge on any atom is -0.337 e. The number of hydrogen-bond donors (Lipinski definition) is 1. The second-order valence-corrected chi connectivity index (χ2v) is 9.16. The Labute approximate surface area is 188 Å². The molecule has 1 fully saturated rings. The Kier molecular flexibility index (Phi) is 7.89. The van der Waals surface area contributed by atoms with Crippen LogP contribution in [0.5, 0.6) is 0 Å². The van der Waals surface area contributed by atoms with Crippen LogP contribution >= 0.6 is 16.1 Å². The molecule has 6 heteroatoms. The number of piperidine rings is 1. The van der Waals surface area contributed by atoms with Gasteiger partial charge >= 0.3 is 6.03 Å². The minimum atomic E-state index is -0.214. The van der Waals surface area contributed by atoms with Crippen LogP contribution in [-0.4, -0.2) is 43.7 Å². The highest BCUT2D eigenvalue weighted by Gasteiger charge is 2.29. The minimum absolute atomic E-state index is 0.214. The molecule has 0 aromatic heterocycles. The van der Waals surface area contributed by atoms with E-state index in [1.54, 1.807) is 24.3 Å². The van der Waals surface area contributed by atoms with E-state index in [4.69, 9.17) is 5.26 Å². The SMILES string of the molecule is C[N+]1(CCCNC(=O)N(Br)c2cccc(C#N)c2)CCC(Cc2ccccc2)CC1. The molecule has 0 aliphatic carbocycles. The lowest BCUT2D eigenvalue weighted by molar-refractivity contribution is -0.915. The molecule has 158 valence electrons. The van der Waals surface area contributed by atoms with Gasteiger partial charge in [-0.05, 0) is 48.9 Å². The van der Waals surface area contributed by atoms with Crippen LogP contribution in [0.3, 0.4) is 0 Å². The molecule has 0 radical (unpaired) electrons. The first kappa shape index (κ1) is 22.3. The van der Waals surface area contributed by atoms with Gasteiger partial charge in [0.1, 0.15) is 0 Å². The number of halogens is 1. The Morgan fingerprint density at radius 1 is 1.20 bits per heavy atom. The van der Waals surface area contributed by atoms with E-state index in [-0.39, 0.29) is 6.03 Å². The fraction of sp³-hybridized carbons (Fsp3) is 0.417. The summed E-state index contributed by atoms with van der Waals surface area (Å²) in [6, 6.07) is 19.6. The highest BCUT2D eigenvalue weighted by atomic mass is 79.9. The van der Waals surface area contributed by atoms with E-state index in [2.05, 4.69) is 64.9 Å². The first-order chi connectivity index (χ1) is 14.5. The molecule has 0 unspecified atom stereocenters. The zero-order valence-corrected chi connectivity index (χ0v) is 19.1. The lowest BCUT2D eigenvalue weighted by Gasteiger charge is -2.41. The zero-order valence-electron chi connectivity index (χ0n) is 17.6. The number of nitrogens with one attached hydrogen (secondary N) is 1. The fourth-order valence-electron chi connectivity index (χ4n) is 4.16. The number of urea groups is 1. The van der Waals surface area contributed by atoms with Crippen LogP contribution in [0.15, 0.2) is 54.6 Å². The first-order valence-electron chi connectivity index (χ1n) is 10.6. The van der Waals surface area contributed by atoms with Crippen molar-refractivity contribution < 1.29 is 9.28 Å². The van der Waals surface area contributed by atoms with Gasteiger partial charge in [-0.25, -0.2) is 8.72 Å². The second-order valence-electron chi connectivity index (χ2n) is 8.45. The maximum absolute atomic E-state index is 12.4. The number of nitrogens with zero attached hydrogens (tertiary/aromatic N) is 3. The first-order valence-corrected chi connectivity index (χ1v) is 11.3. The molecule has 3 rings (SSSR count). The summed E-state index contributed by atoms with van der Waals surface area (Å²) in [6.07, 6.45) is 4.67. The number of hydrogen-bond acceptors (Lipinski definition) is 2. The van der Waals surface area contributed by atoms with Gasteiger partial charge < -0.3 is 9.80 Å². The monoisotopic (exact) mass is 469 g/mol. The Hall–Kier alpha value is -2.36. The summed E-state index contributed by atoms with van der Waals surface area (Å²) < 4.78 is 2.46. The molecule has 2 aromatic rings. The van der Waals surface area contributed by atoms with Gasteiger partial charge in [0.25, 0.3) is 0 Å². The third-order valence-corrected chi connectivity index (χ3v) is 6.78. The van der Waals surface area contributed by atoms with Crippen molar-refractivity contribution in [1.82, 2.24) is 5.32 Å². The number of likely N-dealkylation sites (tertiary alicyclic amines) is 1. The summed E-state index contributed by atoms with van der Waals surface area (Å²) in [5.74, 6) is 0.782. The third kappa shape index (κ3) is 6.32. The van der Waals surface area contributed by atoms with Gasteiger partial charge in [-0.3, -0.25) is 0 Å². The van der Waals surface area contributed by atoms with Crippen LogP contribution in [0.25, 0.3) is 0 Å². The molecule has 1 heterocycles. The van der Waals surface area contributed by atoms with Crippen molar-refractivity contribution in [3.05, 3.63) is 65.7 Å². The molecule has 1 aliphatic heterocycles. The number of benzene rings is 2. The van der Waals surface area contributed by atoms with E-state index in [9.17, 15) is 4.79 Å². The third-order valence-electron chi connectivity index (χ3n) is 6.05. The number of amides is 2. The molecule has 1 N–H and O–H groups in total. The van der Waals surface area contributed by atoms with Gasteiger partial charge in [-0.2, -0.15) is 5.26 Å². The van der Waals surface area contributed by atoms with Crippen molar-refractivity contribution in [3.63, 3.8) is 0 Å². The van der Waals surface area contributed by atoms with Gasteiger partial charge in [0.05, 0.1) is 60.1 Å². The molecule has 30 heavy (non-hydrogen) atoms. The average Bonchev–Trinajstić information content (AvgIpc) is 2.78. The van der Waals surface area contributed by atoms with E-state index >= 15 is 0 Å². The van der Waals surface area contributed by atoms with Gasteiger partial charge in [0.15, 0.2) is 0 Å². The van der Waals surface area contributed by atoms with Crippen molar-refractivity contribution in [2.24, 2.45) is 5.92 Å². The smallest absolute Gasteiger partial charge is 0.332 e. The van der Waals surface area contributed by atoms with Crippen LogP contribution < -0.4 is 9.24 Å². The molecule has 2 amide bonds. The summed E-state index contributed by atoms with van der Waals surface area (Å²) >= 11 is 3.30. The normalized spacial score (nSPS) is 20.9. The predicted molar refractivity (Wildman–Crippen MR) is 124 cm³/mol. The second kappa shape index (κ2) is 10.6. The number of anilines is 1. The highest BCUT2D eigenvalue weighted by Crippen LogP contribution is 2.25. The largest absolute Gasteiger partial charge is 0.337 e. The van der Waals surface area contributed by atoms with E-state index in [0.717, 1.165) is 23.4 Å². The molecule has 0 spiro atoms. The summed E-state index contributed by atoms with van der Waals surface area (Å²) in [5, 5.41) is 12.0. The van der Waals surface area contributed by atoms with Gasteiger partial charge in [0, 0.05) is 13.0 Å². The summed E-state index contributed by atoms with van der Waals surface area (Å²) in [6.45, 7) is 4.12. The quantitative estimate of drug-likeness (QED) is 0.357. The maximum atomic E-state index is 12.4. The Morgan fingerprint density at radius 3 is 2.63 bits per heavy atom. The van der Waals surface area contributed by atoms with Crippen molar-refractivity contribution in [3.8, 4) is 6.07 Å². The maximum Gasteiger partial charge on any atom is 0.332 e. The van der Waals surface area contributed by atoms with Crippen LogP contribution in [0, 0.1) is 17.2 Å². The number of carbonyl (C=O) groups is 1. The lowest BCUT2D eigenvalue weighted by Crippen LogP contribution is -2.51. The van der Waals surface area contributed by atoms with Crippen molar-refractivity contribution >= 4 is 27.9 Å². The highest BCUT2D eigenvalue weighted by molar-refractivity contribution is 9.10. The van der Waals surface area contributed by atoms with Gasteiger partial charge in [-0.15, -0.1) is 0 Å². The molecule has 0 atom stereocenters. The molecule has 2 aromatic carbocycles. The lowest BCUT2D eigenvalue weighted by atomic mass is 9.89. The molecule has 0 bridgehead atoms. The van der Waals surface area contributed by atoms with Crippen LogP contribution in [0.4, 0.5) is 10.5 Å². The van der Waals surface area contributed by atoms with E-state index in [1.165, 1.54) is 41.8 Å². The Balaban J connectivity index is 1.37. The van der Waals surface area contributed by atoms with E-state index < -0.39 is 0 Å². The summed E-state index contributed by atoms with van der Waals surface area (Å²) in [4.78, 5) is 12.4. The molecule has 1 saturated heterocycles. The molecule has 1 aliphatic rings. The predicted octanol–water partition coefficient (Wildman–Crippen LogP) is 4.87. The van der Waals surface area contributed by atoms with Crippen LogP contribution in [-0.2, 0) is 6.42 Å². The summed E-state index contributed by atoms with van der Waals surface area (Å²) in [5.41, 5.74) is 2.62. The molecular weight excluding hydrogens is 440 g/mol. The van der Waals surface area contributed by atoms with Crippen molar-refractivity contribution in [2.45, 2.75) is 25.7 Å².